The summed E-state index contributed by atoms with van der Waals surface area (Å²) in [6.45, 7) is 0.301. The van der Waals surface area contributed by atoms with Gasteiger partial charge in [-0.2, -0.15) is 0 Å². The number of ether oxygens (including phenoxy) is 2. The lowest BCUT2D eigenvalue weighted by molar-refractivity contribution is -0.128. The Morgan fingerprint density at radius 1 is 1.00 bits per heavy atom. The number of anilines is 1. The number of nitrogens with zero attached hydrogens (tertiary/aromatic N) is 2. The lowest BCUT2D eigenvalue weighted by Gasteiger charge is -2.17. The SMILES string of the molecule is COC(=O)c1ccc(NC(=O)CC2SC(=Nc3ccc(Cl)cc3)N(Cc3ccc(OC)cc3)C2=O)cc1. The third kappa shape index (κ3) is 6.69. The fourth-order valence-electron chi connectivity index (χ4n) is 3.60. The van der Waals surface area contributed by atoms with Crippen molar-refractivity contribution in [1.29, 1.82) is 0 Å². The maximum absolute atomic E-state index is 13.4. The second-order valence-corrected chi connectivity index (χ2v) is 9.68. The molecule has 1 heterocycles. The number of esters is 1. The Morgan fingerprint density at radius 3 is 2.30 bits per heavy atom. The molecular formula is C27H24ClN3O5S. The van der Waals surface area contributed by atoms with E-state index in [1.165, 1.54) is 18.9 Å². The highest BCUT2D eigenvalue weighted by molar-refractivity contribution is 8.15. The lowest BCUT2D eigenvalue weighted by Crippen LogP contribution is -2.33. The Balaban J connectivity index is 1.50. The van der Waals surface area contributed by atoms with Gasteiger partial charge in [0.2, 0.25) is 11.8 Å². The quantitative estimate of drug-likeness (QED) is 0.392. The first-order valence-electron chi connectivity index (χ1n) is 11.3. The van der Waals surface area contributed by atoms with Crippen LogP contribution < -0.4 is 10.1 Å². The van der Waals surface area contributed by atoms with Gasteiger partial charge in [-0.3, -0.25) is 14.5 Å². The standard InChI is InChI=1S/C27H24ClN3O5S/c1-35-22-13-3-17(4-14-22)16-31-25(33)23(37-27(31)30-21-11-7-19(28)8-12-21)15-24(32)29-20-9-5-18(6-10-20)26(34)36-2/h3-14,23H,15-16H2,1-2H3,(H,29,32). The van der Waals surface area contributed by atoms with Crippen molar-refractivity contribution in [2.45, 2.75) is 18.2 Å². The summed E-state index contributed by atoms with van der Waals surface area (Å²) in [5.74, 6) is -0.274. The minimum Gasteiger partial charge on any atom is -0.497 e. The Bertz CT molecular complexity index is 1310. The number of carbonyl (C=O) groups excluding carboxylic acids is 3. The monoisotopic (exact) mass is 537 g/mol. The van der Waals surface area contributed by atoms with E-state index >= 15 is 0 Å². The van der Waals surface area contributed by atoms with E-state index in [1.807, 2.05) is 24.3 Å². The second-order valence-electron chi connectivity index (χ2n) is 8.07. The van der Waals surface area contributed by atoms with E-state index in [4.69, 9.17) is 16.3 Å². The molecule has 4 rings (SSSR count). The van der Waals surface area contributed by atoms with E-state index in [1.54, 1.807) is 60.5 Å². The fraction of sp³-hybridized carbons (Fsp3) is 0.185. The van der Waals surface area contributed by atoms with Gasteiger partial charge in [0.05, 0.1) is 32.0 Å². The molecule has 0 bridgehead atoms. The number of amides is 2. The molecule has 3 aromatic carbocycles. The molecule has 8 nitrogen and oxygen atoms in total. The Hall–Kier alpha value is -3.82. The van der Waals surface area contributed by atoms with Gasteiger partial charge < -0.3 is 14.8 Å². The minimum absolute atomic E-state index is 0.0407. The predicted molar refractivity (Wildman–Crippen MR) is 144 cm³/mol. The maximum atomic E-state index is 13.4. The van der Waals surface area contributed by atoms with Gasteiger partial charge in [-0.05, 0) is 66.2 Å². The number of benzene rings is 3. The van der Waals surface area contributed by atoms with Crippen LogP contribution in [0.2, 0.25) is 5.02 Å². The summed E-state index contributed by atoms with van der Waals surface area (Å²) in [7, 11) is 2.90. The van der Waals surface area contributed by atoms with Gasteiger partial charge in [0, 0.05) is 17.1 Å². The summed E-state index contributed by atoms with van der Waals surface area (Å²) < 4.78 is 9.90. The number of halogens is 1. The lowest BCUT2D eigenvalue weighted by atomic mass is 10.2. The number of carbonyl (C=O) groups is 3. The molecule has 1 aliphatic heterocycles. The average Bonchev–Trinajstić information content (AvgIpc) is 3.19. The molecule has 1 N–H and O–H groups in total. The summed E-state index contributed by atoms with van der Waals surface area (Å²) in [5.41, 5.74) is 2.43. The number of amidine groups is 1. The fourth-order valence-corrected chi connectivity index (χ4v) is 4.88. The number of rotatable bonds is 8. The van der Waals surface area contributed by atoms with Crippen LogP contribution in [0.3, 0.4) is 0 Å². The molecule has 37 heavy (non-hydrogen) atoms. The van der Waals surface area contributed by atoms with Crippen LogP contribution in [0.5, 0.6) is 5.75 Å². The van der Waals surface area contributed by atoms with Crippen LogP contribution in [0.4, 0.5) is 11.4 Å². The highest BCUT2D eigenvalue weighted by Crippen LogP contribution is 2.33. The second kappa shape index (κ2) is 11.9. The number of hydrogen-bond donors (Lipinski definition) is 1. The van der Waals surface area contributed by atoms with Gasteiger partial charge in [0.1, 0.15) is 11.0 Å². The van der Waals surface area contributed by atoms with Crippen LogP contribution >= 0.6 is 23.4 Å². The largest absolute Gasteiger partial charge is 0.497 e. The van der Waals surface area contributed by atoms with Crippen molar-refractivity contribution in [3.63, 3.8) is 0 Å². The predicted octanol–water partition coefficient (Wildman–Crippen LogP) is 5.30. The van der Waals surface area contributed by atoms with E-state index < -0.39 is 11.2 Å². The Kier molecular flexibility index (Phi) is 8.47. The highest BCUT2D eigenvalue weighted by Gasteiger charge is 2.39. The molecule has 1 fully saturated rings. The van der Waals surface area contributed by atoms with E-state index in [9.17, 15) is 14.4 Å². The van der Waals surface area contributed by atoms with Crippen molar-refractivity contribution in [1.82, 2.24) is 4.90 Å². The molecule has 1 unspecified atom stereocenters. The average molecular weight is 538 g/mol. The molecular weight excluding hydrogens is 514 g/mol. The summed E-state index contributed by atoms with van der Waals surface area (Å²) in [6.07, 6.45) is -0.0407. The molecule has 0 spiro atoms. The van der Waals surface area contributed by atoms with Crippen molar-refractivity contribution in [2.75, 3.05) is 19.5 Å². The van der Waals surface area contributed by atoms with Gasteiger partial charge in [0.15, 0.2) is 5.17 Å². The van der Waals surface area contributed by atoms with Crippen LogP contribution in [-0.4, -0.2) is 47.3 Å². The zero-order chi connectivity index (χ0) is 26.4. The van der Waals surface area contributed by atoms with Gasteiger partial charge in [0.25, 0.3) is 0 Å². The van der Waals surface area contributed by atoms with Gasteiger partial charge >= 0.3 is 5.97 Å². The number of nitrogens with one attached hydrogen (secondary N) is 1. The third-order valence-corrected chi connectivity index (χ3v) is 6.96. The topological polar surface area (TPSA) is 97.3 Å². The Morgan fingerprint density at radius 2 is 1.68 bits per heavy atom. The molecule has 3 aromatic rings. The first kappa shape index (κ1) is 26.2. The van der Waals surface area contributed by atoms with Crippen LogP contribution in [0.25, 0.3) is 0 Å². The first-order chi connectivity index (χ1) is 17.9. The molecule has 1 atom stereocenters. The molecule has 0 saturated carbocycles. The van der Waals surface area contributed by atoms with Gasteiger partial charge in [-0.1, -0.05) is 35.5 Å². The molecule has 1 saturated heterocycles. The first-order valence-corrected chi connectivity index (χ1v) is 12.6. The molecule has 190 valence electrons. The molecule has 0 radical (unpaired) electrons. The van der Waals surface area contributed by atoms with Crippen molar-refractivity contribution >= 4 is 57.7 Å². The van der Waals surface area contributed by atoms with Crippen LogP contribution in [0, 0.1) is 0 Å². The Labute approximate surface area is 223 Å². The van der Waals surface area contributed by atoms with E-state index in [0.717, 1.165) is 11.3 Å². The van der Waals surface area contributed by atoms with Crippen LogP contribution in [0.15, 0.2) is 77.8 Å². The number of thioether (sulfide) groups is 1. The molecule has 1 aliphatic rings. The van der Waals surface area contributed by atoms with E-state index in [2.05, 4.69) is 15.0 Å². The van der Waals surface area contributed by atoms with E-state index in [-0.39, 0.29) is 18.2 Å². The highest BCUT2D eigenvalue weighted by atomic mass is 35.5. The van der Waals surface area contributed by atoms with Crippen molar-refractivity contribution in [2.24, 2.45) is 4.99 Å². The van der Waals surface area contributed by atoms with Gasteiger partial charge in [-0.25, -0.2) is 9.79 Å². The van der Waals surface area contributed by atoms with Crippen molar-refractivity contribution in [3.05, 3.63) is 88.9 Å². The number of hydrogen-bond acceptors (Lipinski definition) is 7. The minimum atomic E-state index is -0.640. The zero-order valence-electron chi connectivity index (χ0n) is 20.1. The smallest absolute Gasteiger partial charge is 0.337 e. The van der Waals surface area contributed by atoms with Crippen molar-refractivity contribution < 1.29 is 23.9 Å². The van der Waals surface area contributed by atoms with Crippen LogP contribution in [0.1, 0.15) is 22.3 Å². The van der Waals surface area contributed by atoms with Crippen molar-refractivity contribution in [3.8, 4) is 5.75 Å². The maximum Gasteiger partial charge on any atom is 0.337 e. The van der Waals surface area contributed by atoms with Crippen LogP contribution in [-0.2, 0) is 20.9 Å². The summed E-state index contributed by atoms with van der Waals surface area (Å²) in [6, 6.07) is 20.8. The zero-order valence-corrected chi connectivity index (χ0v) is 21.7. The molecule has 0 aliphatic carbocycles. The molecule has 10 heteroatoms. The van der Waals surface area contributed by atoms with Gasteiger partial charge in [-0.15, -0.1) is 0 Å². The summed E-state index contributed by atoms with van der Waals surface area (Å²) in [4.78, 5) is 44.0. The summed E-state index contributed by atoms with van der Waals surface area (Å²) >= 11 is 7.24. The number of methoxy groups -OCH3 is 2. The summed E-state index contributed by atoms with van der Waals surface area (Å²) in [5, 5.41) is 3.23. The third-order valence-electron chi connectivity index (χ3n) is 5.53. The van der Waals surface area contributed by atoms with E-state index in [0.29, 0.717) is 33.7 Å². The molecule has 0 aromatic heterocycles. The normalized spacial score (nSPS) is 16.1. The molecule has 2 amide bonds. The number of aliphatic imine (C=N–C) groups is 1.